The van der Waals surface area contributed by atoms with Crippen molar-refractivity contribution in [2.24, 2.45) is 5.92 Å². The fourth-order valence-corrected chi connectivity index (χ4v) is 1.71. The third-order valence-corrected chi connectivity index (χ3v) is 3.22. The molecule has 0 aromatic heterocycles. The smallest absolute Gasteiger partial charge is 0.0776 e. The maximum absolute atomic E-state index is 5.40. The molecule has 0 aliphatic carbocycles. The minimum atomic E-state index is 0.761. The van der Waals surface area contributed by atoms with Gasteiger partial charge in [0.1, 0.15) is 0 Å². The van der Waals surface area contributed by atoms with Crippen molar-refractivity contribution in [1.29, 1.82) is 0 Å². The van der Waals surface area contributed by atoms with Gasteiger partial charge in [0.05, 0.1) is 4.99 Å². The van der Waals surface area contributed by atoms with E-state index in [1.165, 1.54) is 32.1 Å². The van der Waals surface area contributed by atoms with Crippen LogP contribution in [0, 0.1) is 5.92 Å². The van der Waals surface area contributed by atoms with Gasteiger partial charge in [0, 0.05) is 13.6 Å². The van der Waals surface area contributed by atoms with Crippen molar-refractivity contribution in [3.8, 4) is 0 Å². The number of nitrogens with zero attached hydrogens (tertiary/aromatic N) is 1. The minimum absolute atomic E-state index is 0.761. The third kappa shape index (κ3) is 8.86. The van der Waals surface area contributed by atoms with Crippen molar-refractivity contribution in [2.45, 2.75) is 59.3 Å². The monoisotopic (exact) mass is 229 g/mol. The molecule has 1 nitrogen and oxygen atoms in total. The highest BCUT2D eigenvalue weighted by Crippen LogP contribution is 2.08. The van der Waals surface area contributed by atoms with Crippen molar-refractivity contribution in [3.63, 3.8) is 0 Å². The van der Waals surface area contributed by atoms with Crippen LogP contribution < -0.4 is 0 Å². The van der Waals surface area contributed by atoms with Crippen LogP contribution in [0.25, 0.3) is 0 Å². The van der Waals surface area contributed by atoms with E-state index >= 15 is 0 Å². The largest absolute Gasteiger partial charge is 0.369 e. The van der Waals surface area contributed by atoms with Crippen LogP contribution in [-0.2, 0) is 0 Å². The lowest BCUT2D eigenvalue weighted by Crippen LogP contribution is -2.26. The standard InChI is InChI=1S/C13H27NS/c1-5-6-7-8-11-14(4)13(15)10-9-12(2)3/h12H,5-11H2,1-4H3. The van der Waals surface area contributed by atoms with Crippen LogP contribution in [0.5, 0.6) is 0 Å². The quantitative estimate of drug-likeness (QED) is 0.452. The molecular formula is C13H27NS. The Morgan fingerprint density at radius 3 is 2.40 bits per heavy atom. The molecule has 0 amide bonds. The second-order valence-electron chi connectivity index (χ2n) is 4.81. The van der Waals surface area contributed by atoms with E-state index in [1.807, 2.05) is 0 Å². The Morgan fingerprint density at radius 2 is 1.87 bits per heavy atom. The minimum Gasteiger partial charge on any atom is -0.369 e. The first-order valence-corrected chi connectivity index (χ1v) is 6.72. The normalized spacial score (nSPS) is 10.7. The van der Waals surface area contributed by atoms with Crippen LogP contribution in [0.3, 0.4) is 0 Å². The van der Waals surface area contributed by atoms with Crippen LogP contribution in [0.1, 0.15) is 59.3 Å². The Bertz CT molecular complexity index is 166. The molecule has 0 unspecified atom stereocenters. The molecule has 90 valence electrons. The first-order valence-electron chi connectivity index (χ1n) is 6.31. The molecule has 0 aliphatic heterocycles. The average molecular weight is 229 g/mol. The van der Waals surface area contributed by atoms with Gasteiger partial charge in [-0.25, -0.2) is 0 Å². The van der Waals surface area contributed by atoms with Gasteiger partial charge in [-0.1, -0.05) is 52.3 Å². The first kappa shape index (κ1) is 14.9. The van der Waals surface area contributed by atoms with E-state index in [2.05, 4.69) is 32.7 Å². The molecule has 2 heteroatoms. The maximum Gasteiger partial charge on any atom is 0.0776 e. The van der Waals surface area contributed by atoms with Gasteiger partial charge in [-0.15, -0.1) is 0 Å². The zero-order valence-corrected chi connectivity index (χ0v) is 11.7. The lowest BCUT2D eigenvalue weighted by Gasteiger charge is -2.20. The summed E-state index contributed by atoms with van der Waals surface area (Å²) < 4.78 is 0. The molecule has 0 bridgehead atoms. The molecule has 0 atom stereocenters. The summed E-state index contributed by atoms with van der Waals surface area (Å²) in [5.41, 5.74) is 0. The topological polar surface area (TPSA) is 3.24 Å². The zero-order chi connectivity index (χ0) is 11.7. The summed E-state index contributed by atoms with van der Waals surface area (Å²) >= 11 is 5.40. The van der Waals surface area contributed by atoms with Gasteiger partial charge >= 0.3 is 0 Å². The Balaban J connectivity index is 3.51. The molecule has 0 fully saturated rings. The molecule has 0 rings (SSSR count). The van der Waals surface area contributed by atoms with E-state index in [4.69, 9.17) is 12.2 Å². The van der Waals surface area contributed by atoms with Crippen molar-refractivity contribution in [2.75, 3.05) is 13.6 Å². The van der Waals surface area contributed by atoms with E-state index < -0.39 is 0 Å². The Kier molecular flexibility index (Phi) is 9.07. The summed E-state index contributed by atoms with van der Waals surface area (Å²) in [5, 5.41) is 0. The lowest BCUT2D eigenvalue weighted by molar-refractivity contribution is 0.462. The van der Waals surface area contributed by atoms with Crippen LogP contribution in [0.4, 0.5) is 0 Å². The second kappa shape index (κ2) is 9.14. The highest BCUT2D eigenvalue weighted by Gasteiger charge is 2.04. The van der Waals surface area contributed by atoms with Crippen LogP contribution in [0.15, 0.2) is 0 Å². The van der Waals surface area contributed by atoms with Crippen LogP contribution in [0.2, 0.25) is 0 Å². The SMILES string of the molecule is CCCCCCN(C)C(=S)CCC(C)C. The highest BCUT2D eigenvalue weighted by molar-refractivity contribution is 7.80. The van der Waals surface area contributed by atoms with Crippen molar-refractivity contribution < 1.29 is 0 Å². The zero-order valence-electron chi connectivity index (χ0n) is 10.9. The molecule has 0 heterocycles. The average Bonchev–Trinajstić information content (AvgIpc) is 2.20. The van der Waals surface area contributed by atoms with Gasteiger partial charge in [0.25, 0.3) is 0 Å². The van der Waals surface area contributed by atoms with Crippen molar-refractivity contribution in [1.82, 2.24) is 4.90 Å². The van der Waals surface area contributed by atoms with Gasteiger partial charge in [-0.05, 0) is 25.2 Å². The van der Waals surface area contributed by atoms with E-state index in [9.17, 15) is 0 Å². The molecule has 0 N–H and O–H groups in total. The number of unbranched alkanes of at least 4 members (excludes halogenated alkanes) is 3. The highest BCUT2D eigenvalue weighted by atomic mass is 32.1. The van der Waals surface area contributed by atoms with E-state index in [-0.39, 0.29) is 0 Å². The van der Waals surface area contributed by atoms with E-state index in [0.717, 1.165) is 23.9 Å². The van der Waals surface area contributed by atoms with E-state index in [0.29, 0.717) is 0 Å². The molecule has 0 aliphatic rings. The fourth-order valence-electron chi connectivity index (χ4n) is 1.50. The second-order valence-corrected chi connectivity index (χ2v) is 5.28. The maximum atomic E-state index is 5.40. The van der Waals surface area contributed by atoms with E-state index in [1.54, 1.807) is 0 Å². The Morgan fingerprint density at radius 1 is 1.20 bits per heavy atom. The summed E-state index contributed by atoms with van der Waals surface area (Å²) in [5.74, 6) is 0.761. The fraction of sp³-hybridized carbons (Fsp3) is 0.923. The Hall–Kier alpha value is -0.110. The summed E-state index contributed by atoms with van der Waals surface area (Å²) in [6.07, 6.45) is 7.59. The summed E-state index contributed by atoms with van der Waals surface area (Å²) in [6, 6.07) is 0. The van der Waals surface area contributed by atoms with Crippen molar-refractivity contribution >= 4 is 17.2 Å². The molecule has 0 radical (unpaired) electrons. The lowest BCUT2D eigenvalue weighted by atomic mass is 10.1. The van der Waals surface area contributed by atoms with Crippen LogP contribution >= 0.6 is 12.2 Å². The molecule has 15 heavy (non-hydrogen) atoms. The van der Waals surface area contributed by atoms with Gasteiger partial charge in [-0.2, -0.15) is 0 Å². The number of thiocarbonyl (C=S) groups is 1. The van der Waals surface area contributed by atoms with Gasteiger partial charge in [-0.3, -0.25) is 0 Å². The molecule has 0 aromatic rings. The molecule has 0 spiro atoms. The van der Waals surface area contributed by atoms with Gasteiger partial charge in [0.2, 0.25) is 0 Å². The summed E-state index contributed by atoms with van der Waals surface area (Å²) in [6.45, 7) is 7.89. The molecule has 0 saturated carbocycles. The Labute approximate surface area is 101 Å². The number of hydrogen-bond acceptors (Lipinski definition) is 1. The number of hydrogen-bond donors (Lipinski definition) is 0. The predicted molar refractivity (Wildman–Crippen MR) is 73.4 cm³/mol. The van der Waals surface area contributed by atoms with Gasteiger partial charge < -0.3 is 4.90 Å². The van der Waals surface area contributed by atoms with Gasteiger partial charge in [0.15, 0.2) is 0 Å². The predicted octanol–water partition coefficient (Wildman–Crippen LogP) is 4.26. The first-order chi connectivity index (χ1) is 7.07. The molecule has 0 saturated heterocycles. The van der Waals surface area contributed by atoms with Crippen molar-refractivity contribution in [3.05, 3.63) is 0 Å². The summed E-state index contributed by atoms with van der Waals surface area (Å²) in [4.78, 5) is 3.40. The molecule has 0 aromatic carbocycles. The summed E-state index contributed by atoms with van der Waals surface area (Å²) in [7, 11) is 2.13. The third-order valence-electron chi connectivity index (χ3n) is 2.71. The molecular weight excluding hydrogens is 202 g/mol. The number of rotatable bonds is 8. The van der Waals surface area contributed by atoms with Crippen LogP contribution in [-0.4, -0.2) is 23.5 Å².